The van der Waals surface area contributed by atoms with Crippen LogP contribution in [0.25, 0.3) is 10.8 Å². The first-order valence-corrected chi connectivity index (χ1v) is 7.01. The Kier molecular flexibility index (Phi) is 40.5. The van der Waals surface area contributed by atoms with Gasteiger partial charge in [0, 0.05) is 0 Å². The van der Waals surface area contributed by atoms with Crippen molar-refractivity contribution in [1.29, 1.82) is 10.5 Å². The predicted molar refractivity (Wildman–Crippen MR) is 98.8 cm³/mol. The molecule has 0 aromatic carbocycles. The first-order valence-electron chi connectivity index (χ1n) is 7.01. The van der Waals surface area contributed by atoms with Gasteiger partial charge in [0.25, 0.3) is 11.8 Å². The molecular formula is C14H24CuN10O2. The van der Waals surface area contributed by atoms with Crippen LogP contribution in [0, 0.1) is 22.7 Å². The van der Waals surface area contributed by atoms with E-state index >= 15 is 0 Å². The zero-order valence-electron chi connectivity index (χ0n) is 14.6. The van der Waals surface area contributed by atoms with Gasteiger partial charge in [-0.3, -0.25) is 9.59 Å². The SMILES string of the molecule is N#CC(=C=[N-])C(N)=O.N#CC(=C=[N-])C(N)=O.NCCCN.NCCCN.[Cu+2]. The summed E-state index contributed by atoms with van der Waals surface area (Å²) < 4.78 is 0. The van der Waals surface area contributed by atoms with E-state index in [2.05, 4.69) is 11.5 Å². The van der Waals surface area contributed by atoms with Gasteiger partial charge in [-0.1, -0.05) is 0 Å². The zero-order chi connectivity index (χ0) is 21.4. The third-order valence-electron chi connectivity index (χ3n) is 1.76. The molecular weight excluding hydrogens is 404 g/mol. The van der Waals surface area contributed by atoms with Crippen LogP contribution >= 0.6 is 0 Å². The van der Waals surface area contributed by atoms with Crippen LogP contribution in [-0.4, -0.2) is 49.7 Å². The van der Waals surface area contributed by atoms with Gasteiger partial charge in [0.05, 0.1) is 0 Å². The van der Waals surface area contributed by atoms with Crippen molar-refractivity contribution < 1.29 is 26.7 Å². The van der Waals surface area contributed by atoms with Crippen LogP contribution in [0.1, 0.15) is 12.8 Å². The Labute approximate surface area is 168 Å². The third kappa shape index (κ3) is 35.2. The largest absolute Gasteiger partial charge is 2.00 e. The van der Waals surface area contributed by atoms with Crippen molar-refractivity contribution in [2.45, 2.75) is 12.8 Å². The second-order valence-corrected chi connectivity index (χ2v) is 3.79. The fourth-order valence-electron chi connectivity index (χ4n) is 0.506. The van der Waals surface area contributed by atoms with E-state index in [9.17, 15) is 9.59 Å². The number of nitriles is 2. The minimum absolute atomic E-state index is 0. The van der Waals surface area contributed by atoms with Crippen LogP contribution in [0.5, 0.6) is 0 Å². The van der Waals surface area contributed by atoms with E-state index in [1.807, 2.05) is 0 Å². The van der Waals surface area contributed by atoms with Crippen molar-refractivity contribution in [3.63, 3.8) is 0 Å². The van der Waals surface area contributed by atoms with E-state index in [1.165, 1.54) is 23.9 Å². The van der Waals surface area contributed by atoms with E-state index in [-0.39, 0.29) is 17.1 Å². The third-order valence-corrected chi connectivity index (χ3v) is 1.76. The summed E-state index contributed by atoms with van der Waals surface area (Å²) in [6.45, 7) is 2.88. The number of carbonyl (C=O) groups excluding carboxylic acids is 2. The smallest absolute Gasteiger partial charge is 0.762 e. The van der Waals surface area contributed by atoms with Crippen molar-refractivity contribution >= 4 is 23.6 Å². The summed E-state index contributed by atoms with van der Waals surface area (Å²) in [7, 11) is 0. The summed E-state index contributed by atoms with van der Waals surface area (Å²) in [5.74, 6) is 0.711. The van der Waals surface area contributed by atoms with Gasteiger partial charge < -0.3 is 45.2 Å². The Morgan fingerprint density at radius 2 is 0.926 bits per heavy atom. The zero-order valence-corrected chi connectivity index (χ0v) is 15.6. The molecule has 0 saturated carbocycles. The van der Waals surface area contributed by atoms with Crippen molar-refractivity contribution in [2.75, 3.05) is 26.2 Å². The van der Waals surface area contributed by atoms with Crippen molar-refractivity contribution in [3.05, 3.63) is 22.0 Å². The normalized spacial score (nSPS) is 6.89. The fraction of sp³-hybridized carbons (Fsp3) is 0.429. The van der Waals surface area contributed by atoms with Crippen LogP contribution in [-0.2, 0) is 26.7 Å². The van der Waals surface area contributed by atoms with Gasteiger partial charge in [0.1, 0.15) is 23.3 Å². The average Bonchev–Trinajstić information content (AvgIpc) is 2.59. The molecule has 0 rings (SSSR count). The molecule has 1 radical (unpaired) electrons. The molecule has 2 amide bonds. The monoisotopic (exact) mass is 427 g/mol. The quantitative estimate of drug-likeness (QED) is 0.109. The average molecular weight is 428 g/mol. The maximum Gasteiger partial charge on any atom is 2.00 e. The summed E-state index contributed by atoms with van der Waals surface area (Å²) in [6, 6.07) is 2.66. The second-order valence-electron chi connectivity index (χ2n) is 3.79. The van der Waals surface area contributed by atoms with Crippen molar-refractivity contribution in [1.82, 2.24) is 0 Å². The molecule has 27 heavy (non-hydrogen) atoms. The molecule has 0 aliphatic heterocycles. The number of hydrogen-bond acceptors (Lipinski definition) is 8. The Morgan fingerprint density at radius 3 is 0.926 bits per heavy atom. The van der Waals surface area contributed by atoms with Crippen molar-refractivity contribution in [2.24, 2.45) is 34.4 Å². The van der Waals surface area contributed by atoms with Crippen LogP contribution in [0.4, 0.5) is 0 Å². The van der Waals surface area contributed by atoms with Crippen molar-refractivity contribution in [3.8, 4) is 12.1 Å². The number of nitrogens with zero attached hydrogens (tertiary/aromatic N) is 4. The Balaban J connectivity index is -0.0000000807. The van der Waals surface area contributed by atoms with Gasteiger partial charge in [-0.05, 0) is 39.0 Å². The maximum absolute atomic E-state index is 9.90. The Bertz CT molecular complexity index is 526. The molecule has 12 N–H and O–H groups in total. The molecule has 0 fully saturated rings. The molecule has 13 heteroatoms. The number of nitrogens with two attached hydrogens (primary N) is 6. The Hall–Kier alpha value is -2.82. The fourth-order valence-corrected chi connectivity index (χ4v) is 0.506. The molecule has 0 unspecified atom stereocenters. The van der Waals surface area contributed by atoms with Gasteiger partial charge in [-0.15, -0.1) is 0 Å². The molecule has 12 nitrogen and oxygen atoms in total. The molecule has 0 bridgehead atoms. The van der Waals surface area contributed by atoms with Gasteiger partial charge in [-0.2, -0.15) is 10.5 Å². The summed E-state index contributed by atoms with van der Waals surface area (Å²) in [4.78, 5) is 19.8. The molecule has 0 heterocycles. The minimum atomic E-state index is -0.977. The number of carbonyl (C=O) groups is 2. The predicted octanol–water partition coefficient (Wildman–Crippen LogP) is -3.09. The van der Waals surface area contributed by atoms with E-state index in [0.29, 0.717) is 0 Å². The molecule has 0 atom stereocenters. The van der Waals surface area contributed by atoms with Crippen LogP contribution in [0.3, 0.4) is 0 Å². The number of amides is 2. The molecule has 153 valence electrons. The molecule has 0 spiro atoms. The topological polar surface area (TPSA) is 282 Å². The maximum atomic E-state index is 9.90. The number of rotatable bonds is 6. The van der Waals surface area contributed by atoms with Gasteiger partial charge in [0.15, 0.2) is 0 Å². The molecule has 0 aliphatic carbocycles. The van der Waals surface area contributed by atoms with E-state index < -0.39 is 23.0 Å². The van der Waals surface area contributed by atoms with E-state index in [0.717, 1.165) is 39.0 Å². The summed E-state index contributed by atoms with van der Waals surface area (Å²) in [5, 5.41) is 31.5. The van der Waals surface area contributed by atoms with Crippen LogP contribution in [0.15, 0.2) is 11.1 Å². The summed E-state index contributed by atoms with van der Waals surface area (Å²) in [6.07, 6.45) is 1.89. The van der Waals surface area contributed by atoms with E-state index in [4.69, 9.17) is 44.3 Å². The molecule has 0 aromatic heterocycles. The van der Waals surface area contributed by atoms with Gasteiger partial charge >= 0.3 is 17.1 Å². The number of hydrogen-bond donors (Lipinski definition) is 6. The van der Waals surface area contributed by atoms with Crippen LogP contribution < -0.4 is 34.4 Å². The number of primary amides is 2. The van der Waals surface area contributed by atoms with Gasteiger partial charge in [0.2, 0.25) is 0 Å². The molecule has 0 aliphatic rings. The van der Waals surface area contributed by atoms with Crippen LogP contribution in [0.2, 0.25) is 0 Å². The molecule has 0 aromatic rings. The minimum Gasteiger partial charge on any atom is -0.762 e. The standard InChI is InChI=1S/2C4H2N3O.2C3H10N2.Cu/c2*5-1-3(2-6)4(7)8;2*4-2-1-3-5;/h2*(H2,7,8);2*1-5H2;/q2*-1;;;+2. The molecule has 0 saturated heterocycles. The van der Waals surface area contributed by atoms with Gasteiger partial charge in [-0.25, -0.2) is 11.7 Å². The summed E-state index contributed by atoms with van der Waals surface area (Å²) in [5.41, 5.74) is 28.2. The Morgan fingerprint density at radius 1 is 0.704 bits per heavy atom. The summed E-state index contributed by atoms with van der Waals surface area (Å²) >= 11 is 0. The second kappa shape index (κ2) is 31.0. The van der Waals surface area contributed by atoms with E-state index in [1.54, 1.807) is 0 Å². The first-order chi connectivity index (χ1) is 12.3. The first kappa shape index (κ1) is 35.3.